The van der Waals surface area contributed by atoms with Gasteiger partial charge >= 0.3 is 5.97 Å². The average Bonchev–Trinajstić information content (AvgIpc) is 1.96. The van der Waals surface area contributed by atoms with Gasteiger partial charge in [0.2, 0.25) is 5.91 Å². The van der Waals surface area contributed by atoms with Crippen molar-refractivity contribution < 1.29 is 14.7 Å². The summed E-state index contributed by atoms with van der Waals surface area (Å²) in [6.45, 7) is 6.39. The van der Waals surface area contributed by atoms with Gasteiger partial charge < -0.3 is 15.7 Å². The Morgan fingerprint density at radius 3 is 2.38 bits per heavy atom. The summed E-state index contributed by atoms with van der Waals surface area (Å²) in [5.74, 6) is -1.07. The van der Waals surface area contributed by atoms with Gasteiger partial charge in [0.05, 0.1) is 5.92 Å². The van der Waals surface area contributed by atoms with Crippen LogP contribution in [0, 0.1) is 11.8 Å². The molecule has 0 aromatic rings. The SMILES string of the molecule is CC(C(=O)O)C1CN(C(=O)CC(C)(C)N)C1. The fourth-order valence-electron chi connectivity index (χ4n) is 1.74. The van der Waals surface area contributed by atoms with E-state index in [1.807, 2.05) is 13.8 Å². The van der Waals surface area contributed by atoms with E-state index >= 15 is 0 Å². The lowest BCUT2D eigenvalue weighted by Gasteiger charge is -2.42. The number of hydrogen-bond acceptors (Lipinski definition) is 3. The third-order valence-electron chi connectivity index (χ3n) is 2.97. The second kappa shape index (κ2) is 4.41. The third kappa shape index (κ3) is 3.20. The number of carboxylic acid groups (broad SMARTS) is 1. The minimum absolute atomic E-state index is 0.0151. The molecule has 0 aliphatic carbocycles. The van der Waals surface area contributed by atoms with E-state index in [2.05, 4.69) is 0 Å². The van der Waals surface area contributed by atoms with Gasteiger partial charge in [-0.1, -0.05) is 6.92 Å². The first-order valence-corrected chi connectivity index (χ1v) is 5.50. The van der Waals surface area contributed by atoms with E-state index in [1.165, 1.54) is 0 Å². The molecule has 3 N–H and O–H groups in total. The van der Waals surface area contributed by atoms with Crippen LogP contribution >= 0.6 is 0 Å². The normalized spacial score (nSPS) is 19.1. The van der Waals surface area contributed by atoms with Gasteiger partial charge in [0.25, 0.3) is 0 Å². The molecule has 5 heteroatoms. The summed E-state index contributed by atoms with van der Waals surface area (Å²) in [5, 5.41) is 8.81. The van der Waals surface area contributed by atoms with Crippen LogP contribution in [0.15, 0.2) is 0 Å². The van der Waals surface area contributed by atoms with E-state index in [0.717, 1.165) is 0 Å². The molecule has 0 saturated carbocycles. The first-order valence-electron chi connectivity index (χ1n) is 5.50. The fourth-order valence-corrected chi connectivity index (χ4v) is 1.74. The molecular formula is C11H20N2O3. The zero-order valence-electron chi connectivity index (χ0n) is 10.1. The predicted octanol–water partition coefficient (Wildman–Crippen LogP) is 0.293. The molecule has 1 unspecified atom stereocenters. The molecule has 1 atom stereocenters. The van der Waals surface area contributed by atoms with Crippen molar-refractivity contribution in [2.24, 2.45) is 17.6 Å². The summed E-state index contributed by atoms with van der Waals surface area (Å²) in [6.07, 6.45) is 0.307. The molecule has 92 valence electrons. The lowest BCUT2D eigenvalue weighted by atomic mass is 9.86. The van der Waals surface area contributed by atoms with Gasteiger partial charge in [0, 0.05) is 31.0 Å². The zero-order chi connectivity index (χ0) is 12.5. The van der Waals surface area contributed by atoms with Gasteiger partial charge in [0.1, 0.15) is 0 Å². The molecule has 1 fully saturated rings. The van der Waals surface area contributed by atoms with Gasteiger partial charge in [-0.3, -0.25) is 9.59 Å². The highest BCUT2D eigenvalue weighted by Crippen LogP contribution is 2.25. The lowest BCUT2D eigenvalue weighted by molar-refractivity contribution is -0.150. The van der Waals surface area contributed by atoms with Crippen molar-refractivity contribution in [3.8, 4) is 0 Å². The highest BCUT2D eigenvalue weighted by Gasteiger charge is 2.37. The largest absolute Gasteiger partial charge is 0.481 e. The average molecular weight is 228 g/mol. The number of nitrogens with zero attached hydrogens (tertiary/aromatic N) is 1. The minimum atomic E-state index is -0.795. The van der Waals surface area contributed by atoms with E-state index in [-0.39, 0.29) is 17.7 Å². The molecule has 0 aromatic carbocycles. The molecule has 1 amide bonds. The maximum Gasteiger partial charge on any atom is 0.306 e. The second-order valence-electron chi connectivity index (χ2n) is 5.35. The van der Waals surface area contributed by atoms with Gasteiger partial charge in [-0.15, -0.1) is 0 Å². The molecule has 5 nitrogen and oxygen atoms in total. The van der Waals surface area contributed by atoms with Crippen molar-refractivity contribution in [1.82, 2.24) is 4.90 Å². The zero-order valence-corrected chi connectivity index (χ0v) is 10.1. The number of hydrogen-bond donors (Lipinski definition) is 2. The number of carboxylic acids is 1. The van der Waals surface area contributed by atoms with E-state index in [9.17, 15) is 9.59 Å². The molecule has 1 aliphatic rings. The smallest absolute Gasteiger partial charge is 0.306 e. The number of aliphatic carboxylic acids is 1. The molecule has 0 bridgehead atoms. The first-order chi connectivity index (χ1) is 7.20. The summed E-state index contributed by atoms with van der Waals surface area (Å²) in [7, 11) is 0. The standard InChI is InChI=1S/C11H20N2O3/c1-7(10(15)16)8-5-13(6-8)9(14)4-11(2,3)12/h7-8H,4-6,12H2,1-3H3,(H,15,16). The van der Waals surface area contributed by atoms with Crippen LogP contribution in [0.1, 0.15) is 27.2 Å². The van der Waals surface area contributed by atoms with Crippen LogP contribution in [0.2, 0.25) is 0 Å². The molecular weight excluding hydrogens is 208 g/mol. The van der Waals surface area contributed by atoms with Crippen molar-refractivity contribution in [1.29, 1.82) is 0 Å². The molecule has 16 heavy (non-hydrogen) atoms. The fraction of sp³-hybridized carbons (Fsp3) is 0.818. The van der Waals surface area contributed by atoms with Gasteiger partial charge in [-0.25, -0.2) is 0 Å². The monoisotopic (exact) mass is 228 g/mol. The van der Waals surface area contributed by atoms with Crippen LogP contribution in [-0.4, -0.2) is 40.5 Å². The Bertz CT molecular complexity index is 290. The molecule has 1 rings (SSSR count). The van der Waals surface area contributed by atoms with Gasteiger partial charge in [-0.05, 0) is 13.8 Å². The Morgan fingerprint density at radius 2 is 2.00 bits per heavy atom. The van der Waals surface area contributed by atoms with E-state index in [4.69, 9.17) is 10.8 Å². The van der Waals surface area contributed by atoms with E-state index in [0.29, 0.717) is 19.5 Å². The van der Waals surface area contributed by atoms with Crippen molar-refractivity contribution in [3.63, 3.8) is 0 Å². The van der Waals surface area contributed by atoms with Crippen molar-refractivity contribution in [2.75, 3.05) is 13.1 Å². The van der Waals surface area contributed by atoms with Crippen LogP contribution < -0.4 is 5.73 Å². The quantitative estimate of drug-likeness (QED) is 0.724. The first kappa shape index (κ1) is 13.0. The Morgan fingerprint density at radius 1 is 1.50 bits per heavy atom. The number of carbonyl (C=O) groups excluding carboxylic acids is 1. The number of amides is 1. The molecule has 0 aromatic heterocycles. The Hall–Kier alpha value is -1.10. The predicted molar refractivity (Wildman–Crippen MR) is 59.8 cm³/mol. The van der Waals surface area contributed by atoms with Crippen molar-refractivity contribution >= 4 is 11.9 Å². The second-order valence-corrected chi connectivity index (χ2v) is 5.35. The summed E-state index contributed by atoms with van der Waals surface area (Å²) >= 11 is 0. The number of nitrogens with two attached hydrogens (primary N) is 1. The number of rotatable bonds is 4. The van der Waals surface area contributed by atoms with Crippen LogP contribution in [0.25, 0.3) is 0 Å². The maximum atomic E-state index is 11.7. The highest BCUT2D eigenvalue weighted by molar-refractivity contribution is 5.78. The molecule has 0 spiro atoms. The molecule has 1 saturated heterocycles. The molecule has 1 aliphatic heterocycles. The van der Waals surface area contributed by atoms with Gasteiger partial charge in [-0.2, -0.15) is 0 Å². The summed E-state index contributed by atoms with van der Waals surface area (Å²) in [6, 6.07) is 0. The summed E-state index contributed by atoms with van der Waals surface area (Å²) < 4.78 is 0. The Balaban J connectivity index is 2.36. The topological polar surface area (TPSA) is 83.6 Å². The maximum absolute atomic E-state index is 11.7. The van der Waals surface area contributed by atoms with Crippen LogP contribution in [0.5, 0.6) is 0 Å². The highest BCUT2D eigenvalue weighted by atomic mass is 16.4. The van der Waals surface area contributed by atoms with Crippen LogP contribution in [-0.2, 0) is 9.59 Å². The third-order valence-corrected chi connectivity index (χ3v) is 2.97. The van der Waals surface area contributed by atoms with Crippen LogP contribution in [0.4, 0.5) is 0 Å². The molecule has 0 radical (unpaired) electrons. The Labute approximate surface area is 95.6 Å². The number of likely N-dealkylation sites (tertiary alicyclic amines) is 1. The van der Waals surface area contributed by atoms with Crippen LogP contribution in [0.3, 0.4) is 0 Å². The van der Waals surface area contributed by atoms with E-state index in [1.54, 1.807) is 11.8 Å². The Kier molecular flexibility index (Phi) is 3.57. The van der Waals surface area contributed by atoms with E-state index < -0.39 is 11.5 Å². The summed E-state index contributed by atoms with van der Waals surface area (Å²) in [4.78, 5) is 24.1. The summed E-state index contributed by atoms with van der Waals surface area (Å²) in [5.41, 5.74) is 5.25. The van der Waals surface area contributed by atoms with Gasteiger partial charge in [0.15, 0.2) is 0 Å². The lowest BCUT2D eigenvalue weighted by Crippen LogP contribution is -2.55. The minimum Gasteiger partial charge on any atom is -0.481 e. The van der Waals surface area contributed by atoms with Crippen molar-refractivity contribution in [2.45, 2.75) is 32.7 Å². The molecule has 1 heterocycles. The van der Waals surface area contributed by atoms with Crippen molar-refractivity contribution in [3.05, 3.63) is 0 Å². The number of carbonyl (C=O) groups is 2.